The second-order valence-corrected chi connectivity index (χ2v) is 8.08. The van der Waals surface area contributed by atoms with Crippen LogP contribution in [0.25, 0.3) is 22.0 Å². The average molecular weight is 465 g/mol. The highest BCUT2D eigenvalue weighted by Crippen LogP contribution is 2.30. The molecule has 176 valence electrons. The number of benzene rings is 3. The summed E-state index contributed by atoms with van der Waals surface area (Å²) in [6, 6.07) is 15.8. The van der Waals surface area contributed by atoms with Crippen LogP contribution in [-0.4, -0.2) is 35.3 Å². The number of rotatable bonds is 9. The highest BCUT2D eigenvalue weighted by Gasteiger charge is 2.20. The Labute approximate surface area is 196 Å². The summed E-state index contributed by atoms with van der Waals surface area (Å²) in [6.07, 6.45) is 3.01. The standard InChI is InChI=1S/C27H26F2N2O3/c1-2-12-34-25-11-10-17(21-7-5-8-23(28)26(21)29)14-22(25)27(33)31-19(16-32)13-18-15-30-24-9-4-3-6-20(18)24/h3-11,14-15,19,30,32H,2,12-13,16H2,1H3,(H,31,33)/t19-/m0/s1. The molecule has 3 aromatic carbocycles. The lowest BCUT2D eigenvalue weighted by Gasteiger charge is -2.18. The first-order chi connectivity index (χ1) is 16.5. The van der Waals surface area contributed by atoms with Gasteiger partial charge in [0.1, 0.15) is 5.75 Å². The smallest absolute Gasteiger partial charge is 0.255 e. The van der Waals surface area contributed by atoms with Gasteiger partial charge in [0.2, 0.25) is 0 Å². The topological polar surface area (TPSA) is 74.3 Å². The molecule has 0 aliphatic rings. The Bertz CT molecular complexity index is 1300. The van der Waals surface area contributed by atoms with Gasteiger partial charge in [-0.3, -0.25) is 4.79 Å². The van der Waals surface area contributed by atoms with Crippen LogP contribution in [0.5, 0.6) is 5.75 Å². The van der Waals surface area contributed by atoms with E-state index in [0.717, 1.165) is 29.0 Å². The van der Waals surface area contributed by atoms with E-state index in [1.165, 1.54) is 18.2 Å². The molecule has 5 nitrogen and oxygen atoms in total. The Kier molecular flexibility index (Phi) is 7.23. The van der Waals surface area contributed by atoms with Crippen LogP contribution < -0.4 is 10.1 Å². The molecule has 1 amide bonds. The molecular formula is C27H26F2N2O3. The molecule has 1 aromatic heterocycles. The fourth-order valence-corrected chi connectivity index (χ4v) is 3.93. The highest BCUT2D eigenvalue weighted by molar-refractivity contribution is 5.98. The summed E-state index contributed by atoms with van der Waals surface area (Å²) < 4.78 is 33.9. The van der Waals surface area contributed by atoms with Gasteiger partial charge in [-0.1, -0.05) is 43.3 Å². The van der Waals surface area contributed by atoms with Crippen LogP contribution in [0, 0.1) is 11.6 Å². The number of ether oxygens (including phenoxy) is 1. The van der Waals surface area contributed by atoms with Crippen molar-refractivity contribution in [1.82, 2.24) is 10.3 Å². The maximum absolute atomic E-state index is 14.4. The first-order valence-electron chi connectivity index (χ1n) is 11.2. The lowest BCUT2D eigenvalue weighted by Crippen LogP contribution is -2.39. The maximum atomic E-state index is 14.4. The number of H-pyrrole nitrogens is 1. The van der Waals surface area contributed by atoms with Crippen LogP contribution >= 0.6 is 0 Å². The number of amides is 1. The van der Waals surface area contributed by atoms with Crippen LogP contribution in [0.4, 0.5) is 8.78 Å². The number of aromatic nitrogens is 1. The zero-order chi connectivity index (χ0) is 24.1. The molecule has 34 heavy (non-hydrogen) atoms. The summed E-state index contributed by atoms with van der Waals surface area (Å²) >= 11 is 0. The number of halogens is 2. The minimum absolute atomic E-state index is 0.0496. The number of hydrogen-bond donors (Lipinski definition) is 3. The number of nitrogens with one attached hydrogen (secondary N) is 2. The van der Waals surface area contributed by atoms with Crippen molar-refractivity contribution in [3.63, 3.8) is 0 Å². The zero-order valence-electron chi connectivity index (χ0n) is 18.8. The summed E-state index contributed by atoms with van der Waals surface area (Å²) in [7, 11) is 0. The van der Waals surface area contributed by atoms with Crippen molar-refractivity contribution >= 4 is 16.8 Å². The summed E-state index contributed by atoms with van der Waals surface area (Å²) in [6.45, 7) is 2.07. The Hall–Kier alpha value is -3.71. The van der Waals surface area contributed by atoms with Gasteiger partial charge in [0.25, 0.3) is 5.91 Å². The van der Waals surface area contributed by atoms with E-state index in [-0.39, 0.29) is 17.7 Å². The molecule has 0 fully saturated rings. The molecule has 0 saturated heterocycles. The first-order valence-corrected chi connectivity index (χ1v) is 11.2. The van der Waals surface area contributed by atoms with Gasteiger partial charge >= 0.3 is 0 Å². The molecule has 1 heterocycles. The van der Waals surface area contributed by atoms with Crippen molar-refractivity contribution in [3.05, 3.63) is 89.6 Å². The summed E-state index contributed by atoms with van der Waals surface area (Å²) in [4.78, 5) is 16.4. The fourth-order valence-electron chi connectivity index (χ4n) is 3.93. The number of hydrogen-bond acceptors (Lipinski definition) is 3. The molecular weight excluding hydrogens is 438 g/mol. The third kappa shape index (κ3) is 4.94. The van der Waals surface area contributed by atoms with Crippen LogP contribution in [0.2, 0.25) is 0 Å². The third-order valence-electron chi connectivity index (χ3n) is 5.65. The second kappa shape index (κ2) is 10.5. The van der Waals surface area contributed by atoms with Gasteiger partial charge in [0.15, 0.2) is 11.6 Å². The van der Waals surface area contributed by atoms with Gasteiger partial charge in [0.05, 0.1) is 24.8 Å². The van der Waals surface area contributed by atoms with Crippen molar-refractivity contribution in [3.8, 4) is 16.9 Å². The molecule has 4 rings (SSSR count). The summed E-state index contributed by atoms with van der Waals surface area (Å²) in [5.41, 5.74) is 2.53. The molecule has 0 radical (unpaired) electrons. The van der Waals surface area contributed by atoms with Crippen LogP contribution in [-0.2, 0) is 6.42 Å². The highest BCUT2D eigenvalue weighted by atomic mass is 19.2. The van der Waals surface area contributed by atoms with Crippen LogP contribution in [0.3, 0.4) is 0 Å². The molecule has 0 bridgehead atoms. The van der Waals surface area contributed by atoms with E-state index in [2.05, 4.69) is 10.3 Å². The van der Waals surface area contributed by atoms with Gasteiger partial charge < -0.3 is 20.1 Å². The van der Waals surface area contributed by atoms with E-state index in [0.29, 0.717) is 24.3 Å². The van der Waals surface area contributed by atoms with E-state index in [1.807, 2.05) is 37.4 Å². The van der Waals surface area contributed by atoms with Crippen molar-refractivity contribution in [2.75, 3.05) is 13.2 Å². The minimum Gasteiger partial charge on any atom is -0.493 e. The minimum atomic E-state index is -0.983. The van der Waals surface area contributed by atoms with Gasteiger partial charge in [-0.05, 0) is 48.2 Å². The van der Waals surface area contributed by atoms with E-state index < -0.39 is 23.6 Å². The normalized spacial score (nSPS) is 12.0. The fraction of sp³-hybridized carbons (Fsp3) is 0.222. The quantitative estimate of drug-likeness (QED) is 0.317. The van der Waals surface area contributed by atoms with Crippen molar-refractivity contribution in [2.24, 2.45) is 0 Å². The number of aliphatic hydroxyl groups excluding tert-OH is 1. The molecule has 0 unspecified atom stereocenters. The molecule has 7 heteroatoms. The van der Waals surface area contributed by atoms with Crippen LogP contribution in [0.15, 0.2) is 66.9 Å². The molecule has 0 spiro atoms. The predicted octanol–water partition coefficient (Wildman–Crippen LogP) is 5.24. The zero-order valence-corrected chi connectivity index (χ0v) is 18.8. The number of aromatic amines is 1. The Morgan fingerprint density at radius 1 is 1.12 bits per heavy atom. The van der Waals surface area contributed by atoms with Crippen molar-refractivity contribution in [1.29, 1.82) is 0 Å². The van der Waals surface area contributed by atoms with E-state index in [9.17, 15) is 18.7 Å². The molecule has 3 N–H and O–H groups in total. The van der Waals surface area contributed by atoms with Crippen LogP contribution in [0.1, 0.15) is 29.3 Å². The Morgan fingerprint density at radius 3 is 2.74 bits per heavy atom. The molecule has 0 saturated carbocycles. The van der Waals surface area contributed by atoms with Gasteiger partial charge in [-0.15, -0.1) is 0 Å². The second-order valence-electron chi connectivity index (χ2n) is 8.08. The number of fused-ring (bicyclic) bond motifs is 1. The molecule has 0 aliphatic heterocycles. The Balaban J connectivity index is 1.62. The monoisotopic (exact) mass is 464 g/mol. The summed E-state index contributed by atoms with van der Waals surface area (Å²) in [5, 5.41) is 13.8. The van der Waals surface area contributed by atoms with Crippen molar-refractivity contribution < 1.29 is 23.4 Å². The largest absolute Gasteiger partial charge is 0.493 e. The molecule has 1 atom stereocenters. The van der Waals surface area contributed by atoms with Gasteiger partial charge in [-0.25, -0.2) is 8.78 Å². The number of para-hydroxylation sites is 1. The van der Waals surface area contributed by atoms with Crippen molar-refractivity contribution in [2.45, 2.75) is 25.8 Å². The maximum Gasteiger partial charge on any atom is 0.255 e. The molecule has 0 aliphatic carbocycles. The third-order valence-corrected chi connectivity index (χ3v) is 5.65. The molecule has 4 aromatic rings. The number of aliphatic hydroxyl groups is 1. The summed E-state index contributed by atoms with van der Waals surface area (Å²) in [5.74, 6) is -2.08. The van der Waals surface area contributed by atoms with Gasteiger partial charge in [0, 0.05) is 22.7 Å². The number of carbonyl (C=O) groups is 1. The first kappa shape index (κ1) is 23.4. The lowest BCUT2D eigenvalue weighted by atomic mass is 10.0. The number of carbonyl (C=O) groups excluding carboxylic acids is 1. The van der Waals surface area contributed by atoms with E-state index >= 15 is 0 Å². The SMILES string of the molecule is CCCOc1ccc(-c2cccc(F)c2F)cc1C(=O)N[C@H](CO)Cc1c[nH]c2ccccc12. The average Bonchev–Trinajstić information content (AvgIpc) is 3.26. The predicted molar refractivity (Wildman–Crippen MR) is 128 cm³/mol. The Morgan fingerprint density at radius 2 is 1.94 bits per heavy atom. The van der Waals surface area contributed by atoms with E-state index in [1.54, 1.807) is 12.1 Å². The lowest BCUT2D eigenvalue weighted by molar-refractivity contribution is 0.0912. The van der Waals surface area contributed by atoms with E-state index in [4.69, 9.17) is 4.74 Å². The van der Waals surface area contributed by atoms with Gasteiger partial charge in [-0.2, -0.15) is 0 Å².